The van der Waals surface area contributed by atoms with Gasteiger partial charge in [-0.1, -0.05) is 0 Å². The van der Waals surface area contributed by atoms with Crippen molar-refractivity contribution in [1.82, 2.24) is 0 Å². The Bertz CT molecular complexity index is 958. The summed E-state index contributed by atoms with van der Waals surface area (Å²) in [6, 6.07) is 11.2. The van der Waals surface area contributed by atoms with Crippen LogP contribution in [0.5, 0.6) is 5.75 Å². The second-order valence-electron chi connectivity index (χ2n) is 5.65. The predicted octanol–water partition coefficient (Wildman–Crippen LogP) is 4.41. The van der Waals surface area contributed by atoms with E-state index in [1.807, 2.05) is 13.0 Å². The molecule has 1 aromatic heterocycles. The number of esters is 1. The summed E-state index contributed by atoms with van der Waals surface area (Å²) in [5.74, 6) is 0.250. The maximum Gasteiger partial charge on any atom is 0.374 e. The molecule has 0 spiro atoms. The lowest BCUT2D eigenvalue weighted by molar-refractivity contribution is -0.384. The van der Waals surface area contributed by atoms with Crippen LogP contribution in [0.3, 0.4) is 0 Å². The largest absolute Gasteiger partial charge is 0.494 e. The first-order valence-electron chi connectivity index (χ1n) is 8.06. The summed E-state index contributed by atoms with van der Waals surface area (Å²) in [5, 5.41) is 11.4. The molecule has 0 fully saturated rings. The Hall–Kier alpha value is -3.35. The van der Waals surface area contributed by atoms with Gasteiger partial charge in [0.1, 0.15) is 17.9 Å². The van der Waals surface area contributed by atoms with Crippen LogP contribution in [0, 0.1) is 17.0 Å². The SMILES string of the molecule is CCOc1ccc2oc(C(=O)OCc3ccc([N+](=O)[O-])cc3)c(C)c2c1. The van der Waals surface area contributed by atoms with Crippen LogP contribution in [0.25, 0.3) is 11.0 Å². The zero-order chi connectivity index (χ0) is 18.7. The number of furan rings is 1. The van der Waals surface area contributed by atoms with E-state index in [-0.39, 0.29) is 18.1 Å². The molecule has 7 nitrogen and oxygen atoms in total. The van der Waals surface area contributed by atoms with E-state index >= 15 is 0 Å². The van der Waals surface area contributed by atoms with Crippen LogP contribution in [0.2, 0.25) is 0 Å². The van der Waals surface area contributed by atoms with Crippen molar-refractivity contribution in [2.24, 2.45) is 0 Å². The average Bonchev–Trinajstić information content (AvgIpc) is 2.97. The molecule has 0 unspecified atom stereocenters. The summed E-state index contributed by atoms with van der Waals surface area (Å²) in [6.45, 7) is 4.22. The standard InChI is InChI=1S/C19H17NO6/c1-3-24-15-8-9-17-16(10-15)12(2)18(26-17)19(21)25-11-13-4-6-14(7-5-13)20(22)23/h4-10H,3,11H2,1-2H3. The Morgan fingerprint density at radius 2 is 1.92 bits per heavy atom. The van der Waals surface area contributed by atoms with Gasteiger partial charge in [-0.3, -0.25) is 10.1 Å². The van der Waals surface area contributed by atoms with Crippen LogP contribution in [0.1, 0.15) is 28.6 Å². The molecule has 3 rings (SSSR count). The van der Waals surface area contributed by atoms with Crippen molar-refractivity contribution in [3.05, 3.63) is 69.5 Å². The number of aryl methyl sites for hydroxylation is 1. The molecule has 3 aromatic rings. The van der Waals surface area contributed by atoms with E-state index in [0.717, 1.165) is 5.39 Å². The van der Waals surface area contributed by atoms with Gasteiger partial charge in [-0.15, -0.1) is 0 Å². The van der Waals surface area contributed by atoms with Gasteiger partial charge in [-0.05, 0) is 49.7 Å². The lowest BCUT2D eigenvalue weighted by atomic mass is 10.1. The molecule has 0 saturated carbocycles. The van der Waals surface area contributed by atoms with Crippen molar-refractivity contribution in [3.8, 4) is 5.75 Å². The Morgan fingerprint density at radius 1 is 1.19 bits per heavy atom. The number of carbonyl (C=O) groups is 1. The van der Waals surface area contributed by atoms with E-state index < -0.39 is 10.9 Å². The molecule has 0 aliphatic heterocycles. The molecule has 0 atom stereocenters. The number of non-ortho nitro benzene ring substituents is 1. The number of ether oxygens (including phenoxy) is 2. The highest BCUT2D eigenvalue weighted by molar-refractivity contribution is 5.96. The first kappa shape index (κ1) is 17.5. The first-order valence-corrected chi connectivity index (χ1v) is 8.06. The summed E-state index contributed by atoms with van der Waals surface area (Å²) >= 11 is 0. The van der Waals surface area contributed by atoms with E-state index in [0.29, 0.717) is 29.1 Å². The maximum absolute atomic E-state index is 12.3. The number of nitrogens with zero attached hydrogens (tertiary/aromatic N) is 1. The van der Waals surface area contributed by atoms with Crippen molar-refractivity contribution in [3.63, 3.8) is 0 Å². The van der Waals surface area contributed by atoms with Crippen molar-refractivity contribution >= 4 is 22.6 Å². The molecule has 0 bridgehead atoms. The summed E-state index contributed by atoms with van der Waals surface area (Å²) in [6.07, 6.45) is 0. The fourth-order valence-electron chi connectivity index (χ4n) is 2.58. The Morgan fingerprint density at radius 3 is 2.58 bits per heavy atom. The molecule has 134 valence electrons. The van der Waals surface area contributed by atoms with Crippen LogP contribution >= 0.6 is 0 Å². The number of nitro benzene ring substituents is 1. The quantitative estimate of drug-likeness (QED) is 0.369. The molecule has 0 aliphatic carbocycles. The highest BCUT2D eigenvalue weighted by Gasteiger charge is 2.19. The molecular formula is C19H17NO6. The van der Waals surface area contributed by atoms with Gasteiger partial charge in [0.15, 0.2) is 0 Å². The number of nitro groups is 1. The summed E-state index contributed by atoms with van der Waals surface area (Å²) in [4.78, 5) is 22.5. The molecule has 26 heavy (non-hydrogen) atoms. The summed E-state index contributed by atoms with van der Waals surface area (Å²) < 4.78 is 16.3. The molecule has 0 saturated heterocycles. The monoisotopic (exact) mass is 355 g/mol. The third kappa shape index (κ3) is 3.51. The number of hydrogen-bond donors (Lipinski definition) is 0. The number of rotatable bonds is 6. The molecule has 0 radical (unpaired) electrons. The van der Waals surface area contributed by atoms with Crippen LogP contribution in [0.4, 0.5) is 5.69 Å². The average molecular weight is 355 g/mol. The van der Waals surface area contributed by atoms with E-state index in [1.54, 1.807) is 31.2 Å². The van der Waals surface area contributed by atoms with E-state index in [1.165, 1.54) is 12.1 Å². The fraction of sp³-hybridized carbons (Fsp3) is 0.211. The lowest BCUT2D eigenvalue weighted by Gasteiger charge is -2.03. The first-order chi connectivity index (χ1) is 12.5. The van der Waals surface area contributed by atoms with E-state index in [2.05, 4.69) is 0 Å². The van der Waals surface area contributed by atoms with Gasteiger partial charge in [0, 0.05) is 23.1 Å². The maximum atomic E-state index is 12.3. The second-order valence-corrected chi connectivity index (χ2v) is 5.65. The lowest BCUT2D eigenvalue weighted by Crippen LogP contribution is -2.05. The number of fused-ring (bicyclic) bond motifs is 1. The Kier molecular flexibility index (Phi) is 4.88. The second kappa shape index (κ2) is 7.26. The molecule has 2 aromatic carbocycles. The van der Waals surface area contributed by atoms with Gasteiger partial charge in [-0.2, -0.15) is 0 Å². The predicted molar refractivity (Wildman–Crippen MR) is 94.3 cm³/mol. The van der Waals surface area contributed by atoms with E-state index in [4.69, 9.17) is 13.9 Å². The molecule has 1 heterocycles. The summed E-state index contributed by atoms with van der Waals surface area (Å²) in [5.41, 5.74) is 1.89. The normalized spacial score (nSPS) is 10.7. The molecule has 7 heteroatoms. The minimum Gasteiger partial charge on any atom is -0.494 e. The number of benzene rings is 2. The highest BCUT2D eigenvalue weighted by atomic mass is 16.6. The third-order valence-corrected chi connectivity index (χ3v) is 3.92. The fourth-order valence-corrected chi connectivity index (χ4v) is 2.58. The third-order valence-electron chi connectivity index (χ3n) is 3.92. The van der Waals surface area contributed by atoms with Crippen molar-refractivity contribution in [2.75, 3.05) is 6.61 Å². The minimum atomic E-state index is -0.588. The van der Waals surface area contributed by atoms with Crippen LogP contribution in [-0.4, -0.2) is 17.5 Å². The number of carbonyl (C=O) groups excluding carboxylic acids is 1. The zero-order valence-electron chi connectivity index (χ0n) is 14.4. The number of hydrogen-bond acceptors (Lipinski definition) is 6. The van der Waals surface area contributed by atoms with Gasteiger partial charge in [0.05, 0.1) is 11.5 Å². The van der Waals surface area contributed by atoms with Crippen molar-refractivity contribution < 1.29 is 23.6 Å². The molecular weight excluding hydrogens is 338 g/mol. The van der Waals surface area contributed by atoms with E-state index in [9.17, 15) is 14.9 Å². The topological polar surface area (TPSA) is 91.8 Å². The smallest absolute Gasteiger partial charge is 0.374 e. The highest BCUT2D eigenvalue weighted by Crippen LogP contribution is 2.29. The van der Waals surface area contributed by atoms with Gasteiger partial charge >= 0.3 is 5.97 Å². The van der Waals surface area contributed by atoms with Crippen molar-refractivity contribution in [1.29, 1.82) is 0 Å². The Labute approximate surface area is 149 Å². The zero-order valence-corrected chi connectivity index (χ0v) is 14.4. The van der Waals surface area contributed by atoms with Gasteiger partial charge in [0.25, 0.3) is 5.69 Å². The van der Waals surface area contributed by atoms with Crippen LogP contribution < -0.4 is 4.74 Å². The van der Waals surface area contributed by atoms with Gasteiger partial charge in [-0.25, -0.2) is 4.79 Å². The minimum absolute atomic E-state index is 0.00247. The van der Waals surface area contributed by atoms with Crippen molar-refractivity contribution in [2.45, 2.75) is 20.5 Å². The Balaban J connectivity index is 1.75. The van der Waals surface area contributed by atoms with Crippen LogP contribution in [0.15, 0.2) is 46.9 Å². The molecule has 0 amide bonds. The molecule has 0 aliphatic rings. The van der Waals surface area contributed by atoms with Gasteiger partial charge < -0.3 is 13.9 Å². The van der Waals surface area contributed by atoms with Gasteiger partial charge in [0.2, 0.25) is 5.76 Å². The van der Waals surface area contributed by atoms with Crippen LogP contribution in [-0.2, 0) is 11.3 Å². The molecule has 0 N–H and O–H groups in total. The summed E-state index contributed by atoms with van der Waals surface area (Å²) in [7, 11) is 0.